The standard InChI is InChI=1S/C19H18ClN3O2S/c1-12-7-13(2)9-16(8-12)25-11-17(24)21-19-23-22-18(26-19)10-14-3-5-15(20)6-4-14/h3-9H,10-11H2,1-2H3,(H,21,23,24). The van der Waals surface area contributed by atoms with Crippen molar-refractivity contribution in [1.82, 2.24) is 10.2 Å². The molecule has 0 saturated heterocycles. The Labute approximate surface area is 161 Å². The van der Waals surface area contributed by atoms with Crippen molar-refractivity contribution < 1.29 is 9.53 Å². The number of nitrogens with zero attached hydrogens (tertiary/aromatic N) is 2. The number of amides is 1. The summed E-state index contributed by atoms with van der Waals surface area (Å²) in [5.41, 5.74) is 3.27. The number of anilines is 1. The van der Waals surface area contributed by atoms with Crippen molar-refractivity contribution >= 4 is 34.0 Å². The third-order valence-corrected chi connectivity index (χ3v) is 4.64. The molecule has 134 valence electrons. The van der Waals surface area contributed by atoms with E-state index in [1.165, 1.54) is 11.3 Å². The molecule has 0 saturated carbocycles. The summed E-state index contributed by atoms with van der Waals surface area (Å²) in [4.78, 5) is 12.0. The van der Waals surface area contributed by atoms with E-state index in [4.69, 9.17) is 16.3 Å². The Kier molecular flexibility index (Phi) is 5.85. The van der Waals surface area contributed by atoms with E-state index in [-0.39, 0.29) is 12.5 Å². The number of ether oxygens (including phenoxy) is 1. The van der Waals surface area contributed by atoms with Gasteiger partial charge in [-0.05, 0) is 54.8 Å². The first-order valence-electron chi connectivity index (χ1n) is 8.06. The third kappa shape index (κ3) is 5.28. The second-order valence-electron chi connectivity index (χ2n) is 5.96. The molecule has 1 heterocycles. The number of carbonyl (C=O) groups is 1. The second-order valence-corrected chi connectivity index (χ2v) is 7.46. The van der Waals surface area contributed by atoms with Gasteiger partial charge >= 0.3 is 0 Å². The van der Waals surface area contributed by atoms with Crippen LogP contribution in [0.1, 0.15) is 21.7 Å². The monoisotopic (exact) mass is 387 g/mol. The van der Waals surface area contributed by atoms with Crippen LogP contribution in [-0.2, 0) is 11.2 Å². The molecule has 1 amide bonds. The number of aromatic nitrogens is 2. The average molecular weight is 388 g/mol. The van der Waals surface area contributed by atoms with Crippen LogP contribution < -0.4 is 10.1 Å². The van der Waals surface area contributed by atoms with Crippen molar-refractivity contribution in [3.8, 4) is 5.75 Å². The van der Waals surface area contributed by atoms with Crippen LogP contribution in [0.5, 0.6) is 5.75 Å². The highest BCUT2D eigenvalue weighted by Crippen LogP contribution is 2.20. The number of nitrogens with one attached hydrogen (secondary N) is 1. The largest absolute Gasteiger partial charge is 0.484 e. The summed E-state index contributed by atoms with van der Waals surface area (Å²) in [6.07, 6.45) is 0.643. The van der Waals surface area contributed by atoms with E-state index >= 15 is 0 Å². The van der Waals surface area contributed by atoms with Crippen molar-refractivity contribution in [3.05, 3.63) is 69.2 Å². The lowest BCUT2D eigenvalue weighted by atomic mass is 10.1. The van der Waals surface area contributed by atoms with E-state index in [0.29, 0.717) is 22.3 Å². The van der Waals surface area contributed by atoms with Gasteiger partial charge < -0.3 is 4.74 Å². The molecule has 0 aliphatic rings. The number of benzene rings is 2. The van der Waals surface area contributed by atoms with Crippen molar-refractivity contribution in [2.24, 2.45) is 0 Å². The predicted octanol–water partition coefficient (Wildman–Crippen LogP) is 4.42. The Morgan fingerprint density at radius 3 is 2.50 bits per heavy atom. The molecular formula is C19H18ClN3O2S. The summed E-state index contributed by atoms with van der Waals surface area (Å²) in [7, 11) is 0. The Morgan fingerprint density at radius 2 is 1.81 bits per heavy atom. The van der Waals surface area contributed by atoms with Gasteiger partial charge in [-0.15, -0.1) is 10.2 Å². The molecule has 0 unspecified atom stereocenters. The first-order chi connectivity index (χ1) is 12.5. The molecule has 0 aliphatic carbocycles. The molecule has 7 heteroatoms. The van der Waals surface area contributed by atoms with Crippen LogP contribution in [0, 0.1) is 13.8 Å². The molecule has 0 atom stereocenters. The topological polar surface area (TPSA) is 64.1 Å². The molecule has 5 nitrogen and oxygen atoms in total. The summed E-state index contributed by atoms with van der Waals surface area (Å²) in [6.45, 7) is 3.90. The maximum Gasteiger partial charge on any atom is 0.264 e. The molecule has 26 heavy (non-hydrogen) atoms. The summed E-state index contributed by atoms with van der Waals surface area (Å²) in [6, 6.07) is 13.4. The lowest BCUT2D eigenvalue weighted by Gasteiger charge is -2.07. The van der Waals surface area contributed by atoms with Gasteiger partial charge in [0.25, 0.3) is 5.91 Å². The van der Waals surface area contributed by atoms with E-state index in [2.05, 4.69) is 21.6 Å². The zero-order chi connectivity index (χ0) is 18.5. The molecule has 1 N–H and O–H groups in total. The summed E-state index contributed by atoms with van der Waals surface area (Å²) >= 11 is 7.23. The molecule has 0 spiro atoms. The molecule has 0 aliphatic heterocycles. The maximum absolute atomic E-state index is 12.0. The number of carbonyl (C=O) groups excluding carboxylic acids is 1. The smallest absolute Gasteiger partial charge is 0.264 e. The lowest BCUT2D eigenvalue weighted by Crippen LogP contribution is -2.20. The third-order valence-electron chi connectivity index (χ3n) is 3.55. The maximum atomic E-state index is 12.0. The minimum atomic E-state index is -0.265. The van der Waals surface area contributed by atoms with E-state index in [1.54, 1.807) is 0 Å². The van der Waals surface area contributed by atoms with Crippen molar-refractivity contribution in [3.63, 3.8) is 0 Å². The quantitative estimate of drug-likeness (QED) is 0.680. The van der Waals surface area contributed by atoms with Gasteiger partial charge in [-0.2, -0.15) is 0 Å². The minimum absolute atomic E-state index is 0.0744. The lowest BCUT2D eigenvalue weighted by molar-refractivity contribution is -0.118. The number of hydrogen-bond acceptors (Lipinski definition) is 5. The number of hydrogen-bond donors (Lipinski definition) is 1. The first kappa shape index (κ1) is 18.4. The van der Waals surface area contributed by atoms with Gasteiger partial charge in [0.15, 0.2) is 6.61 Å². The van der Waals surface area contributed by atoms with Crippen LogP contribution in [0.25, 0.3) is 0 Å². The molecular weight excluding hydrogens is 370 g/mol. The number of aryl methyl sites for hydroxylation is 2. The van der Waals surface area contributed by atoms with Gasteiger partial charge in [-0.3, -0.25) is 10.1 Å². The zero-order valence-corrected chi connectivity index (χ0v) is 16.0. The second kappa shape index (κ2) is 8.29. The zero-order valence-electron chi connectivity index (χ0n) is 14.5. The van der Waals surface area contributed by atoms with Crippen LogP contribution in [0.15, 0.2) is 42.5 Å². The molecule has 2 aromatic carbocycles. The van der Waals surface area contributed by atoms with Crippen molar-refractivity contribution in [1.29, 1.82) is 0 Å². The SMILES string of the molecule is Cc1cc(C)cc(OCC(=O)Nc2nnc(Cc3ccc(Cl)cc3)s2)c1. The van der Waals surface area contributed by atoms with E-state index < -0.39 is 0 Å². The van der Waals surface area contributed by atoms with Crippen LogP contribution in [0.2, 0.25) is 5.02 Å². The highest BCUT2D eigenvalue weighted by Gasteiger charge is 2.10. The van der Waals surface area contributed by atoms with E-state index in [1.807, 2.05) is 50.2 Å². The summed E-state index contributed by atoms with van der Waals surface area (Å²) in [5.74, 6) is 0.414. The molecule has 3 rings (SSSR count). The van der Waals surface area contributed by atoms with Crippen molar-refractivity contribution in [2.75, 3.05) is 11.9 Å². The van der Waals surface area contributed by atoms with Crippen LogP contribution in [-0.4, -0.2) is 22.7 Å². The van der Waals surface area contributed by atoms with Gasteiger partial charge in [0.2, 0.25) is 5.13 Å². The Balaban J connectivity index is 1.53. The van der Waals surface area contributed by atoms with Gasteiger partial charge in [0.1, 0.15) is 10.8 Å². The van der Waals surface area contributed by atoms with Crippen LogP contribution in [0.4, 0.5) is 5.13 Å². The fraction of sp³-hybridized carbons (Fsp3) is 0.211. The van der Waals surface area contributed by atoms with Gasteiger partial charge in [0.05, 0.1) is 0 Å². The highest BCUT2D eigenvalue weighted by atomic mass is 35.5. The highest BCUT2D eigenvalue weighted by molar-refractivity contribution is 7.15. The molecule has 0 fully saturated rings. The summed E-state index contributed by atoms with van der Waals surface area (Å²) in [5, 5.41) is 12.8. The van der Waals surface area contributed by atoms with Crippen molar-refractivity contribution in [2.45, 2.75) is 20.3 Å². The Hall–Kier alpha value is -2.44. The fourth-order valence-corrected chi connectivity index (χ4v) is 3.39. The van der Waals surface area contributed by atoms with E-state index in [0.717, 1.165) is 21.7 Å². The molecule has 1 aromatic heterocycles. The molecule has 0 bridgehead atoms. The Morgan fingerprint density at radius 1 is 1.12 bits per heavy atom. The van der Waals surface area contributed by atoms with Crippen LogP contribution in [0.3, 0.4) is 0 Å². The normalized spacial score (nSPS) is 10.6. The summed E-state index contributed by atoms with van der Waals surface area (Å²) < 4.78 is 5.55. The fourth-order valence-electron chi connectivity index (χ4n) is 2.47. The Bertz CT molecular complexity index is 889. The van der Waals surface area contributed by atoms with Gasteiger partial charge in [-0.25, -0.2) is 0 Å². The molecule has 3 aromatic rings. The van der Waals surface area contributed by atoms with E-state index in [9.17, 15) is 4.79 Å². The van der Waals surface area contributed by atoms with Gasteiger partial charge in [0, 0.05) is 11.4 Å². The first-order valence-corrected chi connectivity index (χ1v) is 9.25. The molecule has 0 radical (unpaired) electrons. The minimum Gasteiger partial charge on any atom is -0.484 e. The van der Waals surface area contributed by atoms with Crippen LogP contribution >= 0.6 is 22.9 Å². The average Bonchev–Trinajstić information content (AvgIpc) is 3.01. The predicted molar refractivity (Wildman–Crippen MR) is 104 cm³/mol. The number of rotatable bonds is 6. The van der Waals surface area contributed by atoms with Gasteiger partial charge in [-0.1, -0.05) is 41.1 Å². The number of halogens is 1.